The van der Waals surface area contributed by atoms with Gasteiger partial charge in [0, 0.05) is 33.4 Å². The fraction of sp³-hybridized carbons (Fsp3) is 0.400. The first-order chi connectivity index (χ1) is 11.8. The smallest absolute Gasteiger partial charge is 0.162 e. The number of ether oxygens (including phenoxy) is 1. The van der Waals surface area contributed by atoms with Gasteiger partial charge in [0.15, 0.2) is 5.78 Å². The van der Waals surface area contributed by atoms with Crippen LogP contribution in [-0.2, 0) is 4.79 Å². The first-order valence-corrected chi connectivity index (χ1v) is 9.04. The molecule has 1 aromatic rings. The SMILES string of the molecule is COc1ccc(Br)cc1[C@H]1C(C#N)=C(C)NC2=C1C(=O)CC(C)(C)C2. The molecule has 4 nitrogen and oxygen atoms in total. The second-order valence-electron chi connectivity index (χ2n) is 7.43. The van der Waals surface area contributed by atoms with Crippen molar-refractivity contribution in [2.45, 2.75) is 39.5 Å². The number of hydrogen-bond donors (Lipinski definition) is 1. The summed E-state index contributed by atoms with van der Waals surface area (Å²) < 4.78 is 6.42. The van der Waals surface area contributed by atoms with Crippen molar-refractivity contribution in [1.29, 1.82) is 5.26 Å². The van der Waals surface area contributed by atoms with Crippen molar-refractivity contribution in [3.8, 4) is 11.8 Å². The first kappa shape index (κ1) is 17.8. The maximum absolute atomic E-state index is 13.0. The summed E-state index contributed by atoms with van der Waals surface area (Å²) in [4.78, 5) is 13.0. The van der Waals surface area contributed by atoms with Crippen LogP contribution < -0.4 is 10.1 Å². The van der Waals surface area contributed by atoms with E-state index in [1.807, 2.05) is 25.1 Å². The van der Waals surface area contributed by atoms with Crippen molar-refractivity contribution in [3.05, 3.63) is 50.8 Å². The molecular weight excluding hydrogens is 380 g/mol. The molecule has 0 bridgehead atoms. The summed E-state index contributed by atoms with van der Waals surface area (Å²) in [5.41, 5.74) is 3.78. The Morgan fingerprint density at radius 1 is 1.36 bits per heavy atom. The van der Waals surface area contributed by atoms with Crippen LogP contribution in [0.1, 0.15) is 45.1 Å². The number of nitrogens with one attached hydrogen (secondary N) is 1. The highest BCUT2D eigenvalue weighted by atomic mass is 79.9. The van der Waals surface area contributed by atoms with Gasteiger partial charge < -0.3 is 10.1 Å². The van der Waals surface area contributed by atoms with E-state index in [-0.39, 0.29) is 11.2 Å². The lowest BCUT2D eigenvalue weighted by molar-refractivity contribution is -0.118. The molecule has 0 amide bonds. The fourth-order valence-electron chi connectivity index (χ4n) is 3.83. The van der Waals surface area contributed by atoms with Gasteiger partial charge in [-0.15, -0.1) is 0 Å². The van der Waals surface area contributed by atoms with Crippen LogP contribution in [0.15, 0.2) is 45.2 Å². The van der Waals surface area contributed by atoms with Gasteiger partial charge in [-0.3, -0.25) is 4.79 Å². The molecule has 0 saturated heterocycles. The number of halogens is 1. The molecule has 1 aliphatic heterocycles. The lowest BCUT2D eigenvalue weighted by Crippen LogP contribution is -2.37. The molecule has 5 heteroatoms. The van der Waals surface area contributed by atoms with Gasteiger partial charge in [-0.1, -0.05) is 29.8 Å². The van der Waals surface area contributed by atoms with E-state index in [0.29, 0.717) is 23.3 Å². The van der Waals surface area contributed by atoms with E-state index >= 15 is 0 Å². The maximum Gasteiger partial charge on any atom is 0.162 e. The standard InChI is InChI=1S/C20H21BrN2O2/c1-11-14(10-22)18(13-7-12(21)5-6-17(13)25-4)19-15(23-11)8-20(2,3)9-16(19)24/h5-7,18,23H,8-9H2,1-4H3/t18-/m0/s1. The van der Waals surface area contributed by atoms with Crippen LogP contribution in [0.25, 0.3) is 0 Å². The monoisotopic (exact) mass is 400 g/mol. The predicted octanol–water partition coefficient (Wildman–Crippen LogP) is 4.59. The molecule has 0 saturated carbocycles. The van der Waals surface area contributed by atoms with Gasteiger partial charge in [0.1, 0.15) is 5.75 Å². The average molecular weight is 401 g/mol. The van der Waals surface area contributed by atoms with E-state index in [4.69, 9.17) is 4.74 Å². The molecule has 1 aromatic carbocycles. The highest BCUT2D eigenvalue weighted by molar-refractivity contribution is 9.10. The van der Waals surface area contributed by atoms with Gasteiger partial charge in [-0.05, 0) is 37.0 Å². The van der Waals surface area contributed by atoms with Crippen LogP contribution in [0.2, 0.25) is 0 Å². The number of methoxy groups -OCH3 is 1. The number of allylic oxidation sites excluding steroid dienone is 4. The largest absolute Gasteiger partial charge is 0.496 e. The summed E-state index contributed by atoms with van der Waals surface area (Å²) in [6, 6.07) is 8.01. The number of dihydropyridines is 1. The lowest BCUT2D eigenvalue weighted by Gasteiger charge is -2.39. The van der Waals surface area contributed by atoms with Crippen molar-refractivity contribution in [3.63, 3.8) is 0 Å². The van der Waals surface area contributed by atoms with Crippen LogP contribution in [0.3, 0.4) is 0 Å². The summed E-state index contributed by atoms with van der Waals surface area (Å²) in [5.74, 6) is 0.392. The number of benzene rings is 1. The Hall–Kier alpha value is -2.06. The summed E-state index contributed by atoms with van der Waals surface area (Å²) in [6.07, 6.45) is 1.27. The van der Waals surface area contributed by atoms with Gasteiger partial charge >= 0.3 is 0 Å². The zero-order valence-corrected chi connectivity index (χ0v) is 16.5. The number of nitriles is 1. The van der Waals surface area contributed by atoms with Crippen molar-refractivity contribution >= 4 is 21.7 Å². The third-order valence-electron chi connectivity index (χ3n) is 4.86. The van der Waals surface area contributed by atoms with Crippen LogP contribution in [0.5, 0.6) is 5.75 Å². The number of ketones is 1. The number of Topliss-reactive ketones (excluding diaryl/α,β-unsaturated/α-hetero) is 1. The van der Waals surface area contributed by atoms with Crippen molar-refractivity contribution in [2.75, 3.05) is 7.11 Å². The fourth-order valence-corrected chi connectivity index (χ4v) is 4.20. The Kier molecular flexibility index (Phi) is 4.51. The zero-order chi connectivity index (χ0) is 18.4. The van der Waals surface area contributed by atoms with Crippen LogP contribution in [-0.4, -0.2) is 12.9 Å². The Morgan fingerprint density at radius 2 is 2.08 bits per heavy atom. The van der Waals surface area contributed by atoms with Crippen LogP contribution in [0, 0.1) is 16.7 Å². The molecule has 1 aliphatic carbocycles. The van der Waals surface area contributed by atoms with E-state index in [0.717, 1.165) is 27.9 Å². The highest BCUT2D eigenvalue weighted by Gasteiger charge is 2.41. The summed E-state index contributed by atoms with van der Waals surface area (Å²) in [7, 11) is 1.61. The molecule has 1 heterocycles. The summed E-state index contributed by atoms with van der Waals surface area (Å²) in [5, 5.41) is 13.1. The minimum absolute atomic E-state index is 0.0841. The molecular formula is C20H21BrN2O2. The topological polar surface area (TPSA) is 62.1 Å². The molecule has 130 valence electrons. The molecule has 0 radical (unpaired) electrons. The number of nitrogens with zero attached hydrogens (tertiary/aromatic N) is 1. The Bertz CT molecular complexity index is 859. The minimum Gasteiger partial charge on any atom is -0.496 e. The van der Waals surface area contributed by atoms with Crippen LogP contribution >= 0.6 is 15.9 Å². The number of carbonyl (C=O) groups excluding carboxylic acids is 1. The molecule has 0 unspecified atom stereocenters. The number of rotatable bonds is 2. The van der Waals surface area contributed by atoms with E-state index in [9.17, 15) is 10.1 Å². The Morgan fingerprint density at radius 3 is 2.72 bits per heavy atom. The molecule has 0 aromatic heterocycles. The molecule has 2 aliphatic rings. The second-order valence-corrected chi connectivity index (χ2v) is 8.34. The quantitative estimate of drug-likeness (QED) is 0.788. The molecule has 25 heavy (non-hydrogen) atoms. The molecule has 1 N–H and O–H groups in total. The summed E-state index contributed by atoms with van der Waals surface area (Å²) in [6.45, 7) is 6.10. The van der Waals surface area contributed by atoms with Crippen molar-refractivity contribution in [2.24, 2.45) is 5.41 Å². The average Bonchev–Trinajstić information content (AvgIpc) is 2.52. The maximum atomic E-state index is 13.0. The second kappa shape index (κ2) is 6.34. The van der Waals surface area contributed by atoms with E-state index in [1.165, 1.54) is 0 Å². The van der Waals surface area contributed by atoms with Gasteiger partial charge in [0.25, 0.3) is 0 Å². The Balaban J connectivity index is 2.25. The molecule has 3 rings (SSSR count). The number of carbonyl (C=O) groups is 1. The highest BCUT2D eigenvalue weighted by Crippen LogP contribution is 2.48. The van der Waals surface area contributed by atoms with Gasteiger partial charge in [-0.25, -0.2) is 0 Å². The third kappa shape index (κ3) is 3.11. The van der Waals surface area contributed by atoms with Crippen molar-refractivity contribution < 1.29 is 9.53 Å². The van der Waals surface area contributed by atoms with Crippen LogP contribution in [0.4, 0.5) is 0 Å². The summed E-state index contributed by atoms with van der Waals surface area (Å²) >= 11 is 3.50. The molecule has 0 spiro atoms. The number of hydrogen-bond acceptors (Lipinski definition) is 4. The van der Waals surface area contributed by atoms with E-state index in [1.54, 1.807) is 7.11 Å². The lowest BCUT2D eigenvalue weighted by atomic mass is 9.68. The van der Waals surface area contributed by atoms with E-state index < -0.39 is 5.92 Å². The zero-order valence-electron chi connectivity index (χ0n) is 14.9. The van der Waals surface area contributed by atoms with E-state index in [2.05, 4.69) is 41.2 Å². The minimum atomic E-state index is -0.391. The molecule has 1 atom stereocenters. The third-order valence-corrected chi connectivity index (χ3v) is 5.36. The van der Waals surface area contributed by atoms with Gasteiger partial charge in [0.05, 0.1) is 24.7 Å². The molecule has 0 fully saturated rings. The van der Waals surface area contributed by atoms with Gasteiger partial charge in [0.2, 0.25) is 0 Å². The normalized spacial score (nSPS) is 22.2. The van der Waals surface area contributed by atoms with Gasteiger partial charge in [-0.2, -0.15) is 5.26 Å². The first-order valence-electron chi connectivity index (χ1n) is 8.25. The predicted molar refractivity (Wildman–Crippen MR) is 99.9 cm³/mol. The van der Waals surface area contributed by atoms with Crippen molar-refractivity contribution in [1.82, 2.24) is 5.32 Å². The Labute approximate surface area is 156 Å².